The van der Waals surface area contributed by atoms with Crippen LogP contribution < -0.4 is 0 Å². The molecule has 1 rings (SSSR count). The second-order valence-electron chi connectivity index (χ2n) is 5.39. The highest BCUT2D eigenvalue weighted by Crippen LogP contribution is 2.41. The average molecular weight is 269 g/mol. The molecule has 0 saturated carbocycles. The predicted molar refractivity (Wildman–Crippen MR) is 75.4 cm³/mol. The summed E-state index contributed by atoms with van der Waals surface area (Å²) in [6.45, 7) is 10.3. The van der Waals surface area contributed by atoms with Crippen LogP contribution in [0.4, 0.5) is 0 Å². The Morgan fingerprint density at radius 3 is 2.89 bits per heavy atom. The smallest absolute Gasteiger partial charge is 0.326 e. The van der Waals surface area contributed by atoms with Crippen molar-refractivity contribution in [3.63, 3.8) is 0 Å². The highest BCUT2D eigenvalue weighted by atomic mass is 35.5. The largest absolute Gasteiger partial charge is 0.426 e. The lowest BCUT2D eigenvalue weighted by atomic mass is 9.68. The van der Waals surface area contributed by atoms with Crippen LogP contribution in [0.2, 0.25) is 0 Å². The second-order valence-corrected chi connectivity index (χ2v) is 5.65. The molecule has 100 valence electrons. The number of carbonyl (C=O) groups is 1. The lowest BCUT2D eigenvalue weighted by Crippen LogP contribution is -2.26. The number of allylic oxidation sites excluding steroid dienone is 4. The Kier molecular flexibility index (Phi) is 5.21. The average Bonchev–Trinajstić information content (AvgIpc) is 2.27. The first kappa shape index (κ1) is 15.0. The molecule has 18 heavy (non-hydrogen) atoms. The molecule has 0 aromatic rings. The van der Waals surface area contributed by atoms with E-state index in [9.17, 15) is 4.79 Å². The second kappa shape index (κ2) is 6.24. The molecule has 0 bridgehead atoms. The molecule has 0 spiro atoms. The van der Waals surface area contributed by atoms with Gasteiger partial charge in [-0.3, -0.25) is 4.79 Å². The molecule has 1 aliphatic rings. The van der Waals surface area contributed by atoms with Crippen molar-refractivity contribution in [3.05, 3.63) is 36.1 Å². The molecule has 1 aliphatic carbocycles. The van der Waals surface area contributed by atoms with Gasteiger partial charge in [0.05, 0.1) is 0 Å². The van der Waals surface area contributed by atoms with Crippen LogP contribution in [-0.4, -0.2) is 11.8 Å². The van der Waals surface area contributed by atoms with Gasteiger partial charge in [0.2, 0.25) is 0 Å². The van der Waals surface area contributed by atoms with Crippen LogP contribution in [-0.2, 0) is 9.53 Å². The molecular formula is C15H21ClO2. The van der Waals surface area contributed by atoms with Crippen molar-refractivity contribution in [2.45, 2.75) is 33.6 Å². The van der Waals surface area contributed by atoms with E-state index >= 15 is 0 Å². The molecule has 0 heterocycles. The molecule has 0 N–H and O–H groups in total. The van der Waals surface area contributed by atoms with Gasteiger partial charge < -0.3 is 4.74 Å². The molecule has 1 unspecified atom stereocenters. The summed E-state index contributed by atoms with van der Waals surface area (Å²) in [5.74, 6) is 0.0785. The van der Waals surface area contributed by atoms with Crippen LogP contribution >= 0.6 is 11.6 Å². The number of hydrogen-bond donors (Lipinski definition) is 0. The predicted octanol–water partition coefficient (Wildman–Crippen LogP) is 4.22. The number of alkyl halides is 1. The molecule has 0 aromatic heterocycles. The van der Waals surface area contributed by atoms with E-state index in [2.05, 4.69) is 39.5 Å². The van der Waals surface area contributed by atoms with Crippen LogP contribution in [0.3, 0.4) is 0 Å². The van der Waals surface area contributed by atoms with Gasteiger partial charge in [0.25, 0.3) is 0 Å². The topological polar surface area (TPSA) is 26.3 Å². The number of carbonyl (C=O) groups excluding carboxylic acids is 1. The van der Waals surface area contributed by atoms with Crippen LogP contribution in [0.25, 0.3) is 0 Å². The molecule has 0 fully saturated rings. The first-order chi connectivity index (χ1) is 8.36. The molecule has 0 aromatic carbocycles. The Bertz CT molecular complexity index is 391. The minimum Gasteiger partial charge on any atom is -0.426 e. The Morgan fingerprint density at radius 1 is 1.67 bits per heavy atom. The number of ether oxygens (including phenoxy) is 1. The molecule has 0 radical (unpaired) electrons. The van der Waals surface area contributed by atoms with E-state index < -0.39 is 5.97 Å². The fraction of sp³-hybridized carbons (Fsp3) is 0.533. The van der Waals surface area contributed by atoms with E-state index in [0.29, 0.717) is 11.7 Å². The van der Waals surface area contributed by atoms with E-state index in [-0.39, 0.29) is 11.3 Å². The van der Waals surface area contributed by atoms with E-state index in [0.717, 1.165) is 12.8 Å². The van der Waals surface area contributed by atoms with Gasteiger partial charge in [-0.25, -0.2) is 0 Å². The summed E-state index contributed by atoms with van der Waals surface area (Å²) in [4.78, 5) is 11.0. The Hall–Kier alpha value is -1.02. The number of rotatable bonds is 4. The quantitative estimate of drug-likeness (QED) is 0.251. The fourth-order valence-electron chi connectivity index (χ4n) is 2.39. The molecule has 0 saturated heterocycles. The molecule has 1 atom stereocenters. The first-order valence-corrected chi connectivity index (χ1v) is 6.70. The van der Waals surface area contributed by atoms with Crippen molar-refractivity contribution < 1.29 is 9.53 Å². The van der Waals surface area contributed by atoms with Crippen molar-refractivity contribution in [2.75, 3.05) is 5.88 Å². The van der Waals surface area contributed by atoms with Gasteiger partial charge in [-0.05, 0) is 31.3 Å². The van der Waals surface area contributed by atoms with E-state index in [1.165, 1.54) is 5.57 Å². The molecule has 3 heteroatoms. The van der Waals surface area contributed by atoms with Gasteiger partial charge in [0, 0.05) is 5.92 Å². The normalized spacial score (nSPS) is 22.7. The highest BCUT2D eigenvalue weighted by molar-refractivity contribution is 6.26. The van der Waals surface area contributed by atoms with Crippen LogP contribution in [0.1, 0.15) is 33.6 Å². The lowest BCUT2D eigenvalue weighted by Gasteiger charge is -2.36. The van der Waals surface area contributed by atoms with E-state index in [1.54, 1.807) is 6.08 Å². The lowest BCUT2D eigenvalue weighted by molar-refractivity contribution is -0.135. The summed E-state index contributed by atoms with van der Waals surface area (Å²) in [6.07, 6.45) is 8.39. The highest BCUT2D eigenvalue weighted by Gasteiger charge is 2.30. The Labute approximate surface area is 114 Å². The summed E-state index contributed by atoms with van der Waals surface area (Å²) < 4.78 is 4.92. The standard InChI is InChI=1S/C15H21ClO2/c1-11-6-5-9-15(3,4)13(11)8-7-12(2)18-14(17)10-16/h6-8,13H,2,5,9-10H2,1,3-4H3/b8-7+. The van der Waals surface area contributed by atoms with Crippen molar-refractivity contribution in [1.82, 2.24) is 0 Å². The zero-order valence-corrected chi connectivity index (χ0v) is 12.1. The SMILES string of the molecule is C=C(/C=C/C1C(C)=CCCC1(C)C)OC(=O)CCl. The third-order valence-electron chi connectivity index (χ3n) is 3.42. The Balaban J connectivity index is 2.70. The summed E-state index contributed by atoms with van der Waals surface area (Å²) in [5, 5.41) is 0. The molecule has 2 nitrogen and oxygen atoms in total. The van der Waals surface area contributed by atoms with Gasteiger partial charge in [-0.2, -0.15) is 0 Å². The zero-order chi connectivity index (χ0) is 13.8. The summed E-state index contributed by atoms with van der Waals surface area (Å²) >= 11 is 5.36. The van der Waals surface area contributed by atoms with Crippen LogP contribution in [0.15, 0.2) is 36.1 Å². The van der Waals surface area contributed by atoms with Crippen molar-refractivity contribution in [1.29, 1.82) is 0 Å². The van der Waals surface area contributed by atoms with Crippen LogP contribution in [0.5, 0.6) is 0 Å². The maximum Gasteiger partial charge on any atom is 0.326 e. The fourth-order valence-corrected chi connectivity index (χ4v) is 2.45. The zero-order valence-electron chi connectivity index (χ0n) is 11.3. The number of esters is 1. The summed E-state index contributed by atoms with van der Waals surface area (Å²) in [6, 6.07) is 0. The maximum absolute atomic E-state index is 11.0. The third kappa shape index (κ3) is 4.02. The monoisotopic (exact) mass is 268 g/mol. The molecule has 0 aliphatic heterocycles. The van der Waals surface area contributed by atoms with E-state index in [1.807, 2.05) is 0 Å². The summed E-state index contributed by atoms with van der Waals surface area (Å²) in [5.41, 5.74) is 1.59. The minimum atomic E-state index is -0.471. The van der Waals surface area contributed by atoms with Gasteiger partial charge in [0.15, 0.2) is 0 Å². The van der Waals surface area contributed by atoms with Gasteiger partial charge in [-0.1, -0.05) is 38.2 Å². The van der Waals surface area contributed by atoms with Crippen molar-refractivity contribution in [3.8, 4) is 0 Å². The van der Waals surface area contributed by atoms with E-state index in [4.69, 9.17) is 16.3 Å². The van der Waals surface area contributed by atoms with Crippen molar-refractivity contribution >= 4 is 17.6 Å². The summed E-state index contributed by atoms with van der Waals surface area (Å²) in [7, 11) is 0. The van der Waals surface area contributed by atoms with Gasteiger partial charge >= 0.3 is 5.97 Å². The van der Waals surface area contributed by atoms with Crippen molar-refractivity contribution in [2.24, 2.45) is 11.3 Å². The Morgan fingerprint density at radius 2 is 2.33 bits per heavy atom. The molecular weight excluding hydrogens is 248 g/mol. The third-order valence-corrected chi connectivity index (χ3v) is 3.63. The minimum absolute atomic E-state index is 0.152. The first-order valence-electron chi connectivity index (χ1n) is 6.17. The molecule has 0 amide bonds. The van der Waals surface area contributed by atoms with Gasteiger partial charge in [0.1, 0.15) is 11.6 Å². The van der Waals surface area contributed by atoms with Crippen LogP contribution in [0, 0.1) is 11.3 Å². The number of hydrogen-bond acceptors (Lipinski definition) is 2. The number of halogens is 1. The van der Waals surface area contributed by atoms with Gasteiger partial charge in [-0.15, -0.1) is 11.6 Å². The maximum atomic E-state index is 11.0.